The Balaban J connectivity index is 1.50. The van der Waals surface area contributed by atoms with Gasteiger partial charge in [-0.05, 0) is 74.5 Å². The van der Waals surface area contributed by atoms with Crippen LogP contribution in [-0.2, 0) is 11.3 Å². The average Bonchev–Trinajstić information content (AvgIpc) is 2.93. The predicted octanol–water partition coefficient (Wildman–Crippen LogP) is 6.54. The van der Waals surface area contributed by atoms with Crippen molar-refractivity contribution in [2.75, 3.05) is 44.2 Å². The molecule has 0 saturated carbocycles. The van der Waals surface area contributed by atoms with Crippen LogP contribution in [0.5, 0.6) is 5.75 Å². The molecule has 2 amide bonds. The molecule has 2 aromatic rings. The molecule has 0 atom stereocenters. The summed E-state index contributed by atoms with van der Waals surface area (Å²) in [6.45, 7) is 9.96. The van der Waals surface area contributed by atoms with E-state index >= 15 is 0 Å². The van der Waals surface area contributed by atoms with Crippen molar-refractivity contribution < 1.29 is 14.3 Å². The zero-order valence-electron chi connectivity index (χ0n) is 24.1. The van der Waals surface area contributed by atoms with Gasteiger partial charge in [-0.25, -0.2) is 0 Å². The summed E-state index contributed by atoms with van der Waals surface area (Å²) in [5, 5.41) is 0. The van der Waals surface area contributed by atoms with E-state index in [4.69, 9.17) is 4.74 Å². The van der Waals surface area contributed by atoms with E-state index in [1.54, 1.807) is 0 Å². The van der Waals surface area contributed by atoms with Crippen LogP contribution in [0, 0.1) is 5.92 Å². The molecule has 0 aliphatic carbocycles. The van der Waals surface area contributed by atoms with Crippen LogP contribution >= 0.6 is 0 Å². The minimum atomic E-state index is 0.0170. The van der Waals surface area contributed by atoms with Gasteiger partial charge in [0, 0.05) is 43.9 Å². The number of hydrogen-bond acceptors (Lipinski definition) is 4. The van der Waals surface area contributed by atoms with Gasteiger partial charge in [-0.3, -0.25) is 14.5 Å². The third-order valence-electron chi connectivity index (χ3n) is 7.83. The van der Waals surface area contributed by atoms with Crippen molar-refractivity contribution in [2.45, 2.75) is 78.2 Å². The summed E-state index contributed by atoms with van der Waals surface area (Å²) in [5.74, 6) is 1.24. The zero-order chi connectivity index (χ0) is 27.5. The maximum absolute atomic E-state index is 13.8. The van der Waals surface area contributed by atoms with Crippen molar-refractivity contribution in [1.29, 1.82) is 0 Å². The number of amides is 2. The molecular formula is C33H47N3O3. The van der Waals surface area contributed by atoms with Crippen LogP contribution in [0.2, 0.25) is 0 Å². The second-order valence-electron chi connectivity index (χ2n) is 11.5. The number of ether oxygens (including phenoxy) is 1. The highest BCUT2D eigenvalue weighted by Gasteiger charge is 2.23. The first-order chi connectivity index (χ1) is 19.0. The molecule has 212 valence electrons. The minimum Gasteiger partial charge on any atom is -0.492 e. The number of fused-ring (bicyclic) bond motifs is 1. The molecule has 2 aliphatic rings. The van der Waals surface area contributed by atoms with Crippen molar-refractivity contribution in [3.63, 3.8) is 0 Å². The summed E-state index contributed by atoms with van der Waals surface area (Å²) >= 11 is 0. The lowest BCUT2D eigenvalue weighted by Gasteiger charge is -2.30. The van der Waals surface area contributed by atoms with Crippen molar-refractivity contribution >= 4 is 17.5 Å². The van der Waals surface area contributed by atoms with Gasteiger partial charge < -0.3 is 14.5 Å². The van der Waals surface area contributed by atoms with Crippen LogP contribution in [0.1, 0.15) is 87.6 Å². The molecule has 0 N–H and O–H groups in total. The van der Waals surface area contributed by atoms with E-state index in [-0.39, 0.29) is 11.8 Å². The molecule has 6 heteroatoms. The fourth-order valence-electron chi connectivity index (χ4n) is 5.68. The first kappa shape index (κ1) is 29.1. The molecule has 0 spiro atoms. The predicted molar refractivity (Wildman–Crippen MR) is 158 cm³/mol. The van der Waals surface area contributed by atoms with Gasteiger partial charge in [0.05, 0.1) is 0 Å². The first-order valence-electron chi connectivity index (χ1n) is 15.1. The van der Waals surface area contributed by atoms with Gasteiger partial charge in [-0.2, -0.15) is 0 Å². The van der Waals surface area contributed by atoms with E-state index < -0.39 is 0 Å². The highest BCUT2D eigenvalue weighted by atomic mass is 16.5. The fourth-order valence-corrected chi connectivity index (χ4v) is 5.68. The van der Waals surface area contributed by atoms with Gasteiger partial charge >= 0.3 is 0 Å². The Bertz CT molecular complexity index is 1060. The summed E-state index contributed by atoms with van der Waals surface area (Å²) < 4.78 is 6.07. The molecule has 0 unspecified atom stereocenters. The van der Waals surface area contributed by atoms with E-state index in [0.29, 0.717) is 37.6 Å². The monoisotopic (exact) mass is 533 g/mol. The second-order valence-corrected chi connectivity index (χ2v) is 11.5. The van der Waals surface area contributed by atoms with E-state index in [1.807, 2.05) is 52.3 Å². The van der Waals surface area contributed by atoms with E-state index in [0.717, 1.165) is 75.3 Å². The summed E-state index contributed by atoms with van der Waals surface area (Å²) in [6.07, 6.45) is 9.69. The molecular weight excluding hydrogens is 486 g/mol. The Morgan fingerprint density at radius 1 is 0.821 bits per heavy atom. The summed E-state index contributed by atoms with van der Waals surface area (Å²) in [6, 6.07) is 15.7. The molecule has 1 saturated heterocycles. The van der Waals surface area contributed by atoms with Gasteiger partial charge in [0.25, 0.3) is 5.91 Å². The highest BCUT2D eigenvalue weighted by molar-refractivity contribution is 5.96. The lowest BCUT2D eigenvalue weighted by molar-refractivity contribution is -0.119. The summed E-state index contributed by atoms with van der Waals surface area (Å²) in [7, 11) is 0. The molecule has 0 aromatic heterocycles. The smallest absolute Gasteiger partial charge is 0.254 e. The zero-order valence-corrected chi connectivity index (χ0v) is 24.1. The number of para-hydroxylation sites is 1. The summed E-state index contributed by atoms with van der Waals surface area (Å²) in [4.78, 5) is 33.5. The van der Waals surface area contributed by atoms with Crippen LogP contribution in [0.25, 0.3) is 0 Å². The molecule has 1 fully saturated rings. The Morgan fingerprint density at radius 2 is 1.51 bits per heavy atom. The van der Waals surface area contributed by atoms with Crippen LogP contribution in [-0.4, -0.2) is 60.9 Å². The number of anilines is 1. The topological polar surface area (TPSA) is 53.1 Å². The van der Waals surface area contributed by atoms with Gasteiger partial charge in [-0.1, -0.05) is 63.8 Å². The van der Waals surface area contributed by atoms with Gasteiger partial charge in [-0.15, -0.1) is 0 Å². The van der Waals surface area contributed by atoms with Crippen molar-refractivity contribution in [1.82, 2.24) is 9.80 Å². The Hall–Kier alpha value is -2.86. The maximum Gasteiger partial charge on any atom is 0.254 e. The molecule has 0 radical (unpaired) electrons. The number of carbonyl (C=O) groups excluding carboxylic acids is 2. The lowest BCUT2D eigenvalue weighted by atomic mass is 10.0. The maximum atomic E-state index is 13.8. The normalized spacial score (nSPS) is 17.7. The molecule has 4 rings (SSSR count). The fraction of sp³-hybridized carbons (Fsp3) is 0.576. The van der Waals surface area contributed by atoms with Crippen molar-refractivity contribution in [3.8, 4) is 5.75 Å². The second kappa shape index (κ2) is 15.1. The number of hydrogen-bond donors (Lipinski definition) is 0. The number of benzene rings is 2. The Morgan fingerprint density at radius 3 is 2.31 bits per heavy atom. The van der Waals surface area contributed by atoms with E-state index in [9.17, 15) is 9.59 Å². The molecule has 39 heavy (non-hydrogen) atoms. The average molecular weight is 534 g/mol. The number of nitrogens with zero attached hydrogens (tertiary/aromatic N) is 3. The molecule has 0 bridgehead atoms. The first-order valence-corrected chi connectivity index (χ1v) is 15.1. The Kier molecular flexibility index (Phi) is 11.3. The van der Waals surface area contributed by atoms with Crippen LogP contribution < -0.4 is 9.64 Å². The number of piperidine rings is 1. The SMILES string of the molecule is CC(C)CC(=O)N1CCCCCCCN(C(=O)c2cccc(OCCN3CCCCC3)c2)Cc2ccccc21. The quantitative estimate of drug-likeness (QED) is 0.406. The number of carbonyl (C=O) groups is 2. The molecule has 2 aromatic carbocycles. The standard InChI is InChI=1S/C33H47N3O3/c1-27(2)24-32(37)36-21-12-5-3-4-11-20-35(26-29-14-7-8-17-31(29)36)33(38)28-15-13-16-30(25-28)39-23-22-34-18-9-6-10-19-34/h7-8,13-17,25,27H,3-6,9-12,18-24,26H2,1-2H3. The van der Waals surface area contributed by atoms with Crippen molar-refractivity contribution in [3.05, 3.63) is 59.7 Å². The largest absolute Gasteiger partial charge is 0.492 e. The number of likely N-dealkylation sites (tertiary alicyclic amines) is 1. The van der Waals surface area contributed by atoms with Gasteiger partial charge in [0.1, 0.15) is 12.4 Å². The van der Waals surface area contributed by atoms with E-state index in [1.165, 1.54) is 19.3 Å². The van der Waals surface area contributed by atoms with Crippen molar-refractivity contribution in [2.24, 2.45) is 5.92 Å². The van der Waals surface area contributed by atoms with Gasteiger partial charge in [0.15, 0.2) is 0 Å². The van der Waals surface area contributed by atoms with E-state index in [2.05, 4.69) is 24.8 Å². The third kappa shape index (κ3) is 8.82. The molecule has 6 nitrogen and oxygen atoms in total. The van der Waals surface area contributed by atoms with Gasteiger partial charge in [0.2, 0.25) is 5.91 Å². The third-order valence-corrected chi connectivity index (χ3v) is 7.83. The minimum absolute atomic E-state index is 0.0170. The highest BCUT2D eigenvalue weighted by Crippen LogP contribution is 2.27. The lowest BCUT2D eigenvalue weighted by Crippen LogP contribution is -2.36. The Labute approximate surface area is 235 Å². The summed E-state index contributed by atoms with van der Waals surface area (Å²) in [5.41, 5.74) is 2.62. The molecule has 2 aliphatic heterocycles. The van der Waals surface area contributed by atoms with Crippen LogP contribution in [0.3, 0.4) is 0 Å². The number of rotatable bonds is 7. The molecule has 2 heterocycles. The van der Waals surface area contributed by atoms with Crippen LogP contribution in [0.15, 0.2) is 48.5 Å². The van der Waals surface area contributed by atoms with Crippen LogP contribution in [0.4, 0.5) is 5.69 Å².